The van der Waals surface area contributed by atoms with E-state index in [-0.39, 0.29) is 12.1 Å². The van der Waals surface area contributed by atoms with Gasteiger partial charge in [0.1, 0.15) is 6.10 Å². The highest BCUT2D eigenvalue weighted by molar-refractivity contribution is 5.66. The molecule has 0 heterocycles. The molecule has 3 atom stereocenters. The largest absolute Gasteiger partial charge is 0.463 e. The summed E-state index contributed by atoms with van der Waals surface area (Å²) in [5.41, 5.74) is 1.47. The minimum Gasteiger partial charge on any atom is -0.463 e. The van der Waals surface area contributed by atoms with Gasteiger partial charge in [-0.1, -0.05) is 78.3 Å². The zero-order valence-corrected chi connectivity index (χ0v) is 16.8. The lowest BCUT2D eigenvalue weighted by molar-refractivity contribution is -0.147. The topological polar surface area (TPSA) is 26.3 Å². The molecule has 3 unspecified atom stereocenters. The van der Waals surface area contributed by atoms with Crippen LogP contribution in [0, 0.1) is 11.8 Å². The third-order valence-corrected chi connectivity index (χ3v) is 4.34. The van der Waals surface area contributed by atoms with Crippen molar-refractivity contribution in [3.63, 3.8) is 0 Å². The number of hydrogen-bond donors (Lipinski definition) is 0. The zero-order chi connectivity index (χ0) is 18.5. The van der Waals surface area contributed by atoms with Crippen LogP contribution in [0.25, 0.3) is 0 Å². The van der Waals surface area contributed by atoms with Crippen LogP contribution in [0.4, 0.5) is 0 Å². The summed E-state index contributed by atoms with van der Waals surface area (Å²) >= 11 is 0. The van der Waals surface area contributed by atoms with Crippen LogP contribution in [0.5, 0.6) is 0 Å². The van der Waals surface area contributed by atoms with E-state index in [1.807, 2.05) is 6.92 Å². The molecule has 2 heteroatoms. The maximum atomic E-state index is 10.6. The lowest BCUT2D eigenvalue weighted by Gasteiger charge is -2.16. The van der Waals surface area contributed by atoms with Crippen molar-refractivity contribution in [1.29, 1.82) is 0 Å². The number of hydrogen-bond acceptors (Lipinski definition) is 2. The molecule has 138 valence electrons. The monoisotopic (exact) mass is 334 g/mol. The molecule has 0 aromatic heterocycles. The average Bonchev–Trinajstić information content (AvgIpc) is 2.54. The van der Waals surface area contributed by atoms with Crippen molar-refractivity contribution in [3.8, 4) is 0 Å². The summed E-state index contributed by atoms with van der Waals surface area (Å²) in [6.07, 6.45) is 4.60. The Morgan fingerprint density at radius 2 is 1.54 bits per heavy atom. The molecule has 24 heavy (non-hydrogen) atoms. The molecular weight excluding hydrogens is 296 g/mol. The number of benzene rings is 1. The minimum atomic E-state index is -0.169. The molecular formula is C22H38O2. The average molecular weight is 335 g/mol. The second-order valence-corrected chi connectivity index (χ2v) is 7.33. The summed E-state index contributed by atoms with van der Waals surface area (Å²) in [7, 11) is 0. The van der Waals surface area contributed by atoms with E-state index in [0.717, 1.165) is 18.8 Å². The Kier molecular flexibility index (Phi) is 12.3. The van der Waals surface area contributed by atoms with Gasteiger partial charge in [0, 0.05) is 6.92 Å². The molecule has 1 aromatic rings. The molecule has 0 radical (unpaired) electrons. The van der Waals surface area contributed by atoms with Crippen LogP contribution in [0.1, 0.15) is 85.6 Å². The quantitative estimate of drug-likeness (QED) is 0.501. The van der Waals surface area contributed by atoms with Crippen molar-refractivity contribution in [2.75, 3.05) is 0 Å². The van der Waals surface area contributed by atoms with E-state index in [0.29, 0.717) is 11.8 Å². The number of carbonyl (C=O) groups excluding carboxylic acids is 1. The molecule has 1 rings (SSSR count). The second-order valence-electron chi connectivity index (χ2n) is 7.33. The van der Waals surface area contributed by atoms with Crippen LogP contribution in [0.3, 0.4) is 0 Å². The van der Waals surface area contributed by atoms with E-state index in [1.165, 1.54) is 25.3 Å². The van der Waals surface area contributed by atoms with Crippen LogP contribution in [0.15, 0.2) is 30.3 Å². The smallest absolute Gasteiger partial charge is 0.302 e. The molecule has 0 saturated heterocycles. The molecule has 0 N–H and O–H groups in total. The molecule has 0 aliphatic carbocycles. The van der Waals surface area contributed by atoms with Crippen molar-refractivity contribution < 1.29 is 9.53 Å². The van der Waals surface area contributed by atoms with Gasteiger partial charge in [-0.3, -0.25) is 4.79 Å². The third-order valence-electron chi connectivity index (χ3n) is 4.34. The summed E-state index contributed by atoms with van der Waals surface area (Å²) in [4.78, 5) is 10.6. The third kappa shape index (κ3) is 11.3. The molecule has 0 fully saturated rings. The van der Waals surface area contributed by atoms with Crippen LogP contribution in [-0.4, -0.2) is 12.1 Å². The minimum absolute atomic E-state index is 0.118. The first kappa shape index (κ1) is 22.7. The summed E-state index contributed by atoms with van der Waals surface area (Å²) in [6, 6.07) is 10.8. The van der Waals surface area contributed by atoms with E-state index >= 15 is 0 Å². The Hall–Kier alpha value is -1.31. The van der Waals surface area contributed by atoms with Crippen molar-refractivity contribution in [1.82, 2.24) is 0 Å². The van der Waals surface area contributed by atoms with Crippen LogP contribution >= 0.6 is 0 Å². The number of carbonyl (C=O) groups is 1. The maximum Gasteiger partial charge on any atom is 0.302 e. The zero-order valence-electron chi connectivity index (χ0n) is 16.8. The fraction of sp³-hybridized carbons (Fsp3) is 0.682. The number of rotatable bonds is 8. The fourth-order valence-corrected chi connectivity index (χ4v) is 2.75. The van der Waals surface area contributed by atoms with E-state index in [1.54, 1.807) is 0 Å². The van der Waals surface area contributed by atoms with Crippen molar-refractivity contribution in [2.24, 2.45) is 11.8 Å². The number of ether oxygens (including phenoxy) is 1. The van der Waals surface area contributed by atoms with Gasteiger partial charge in [0.2, 0.25) is 0 Å². The molecule has 0 aliphatic heterocycles. The van der Waals surface area contributed by atoms with Gasteiger partial charge in [-0.2, -0.15) is 0 Å². The van der Waals surface area contributed by atoms with Gasteiger partial charge in [0.15, 0.2) is 0 Å². The molecule has 0 bridgehead atoms. The van der Waals surface area contributed by atoms with Crippen molar-refractivity contribution >= 4 is 5.97 Å². The van der Waals surface area contributed by atoms with Crippen molar-refractivity contribution in [2.45, 2.75) is 86.2 Å². The highest BCUT2D eigenvalue weighted by Gasteiger charge is 2.10. The Morgan fingerprint density at radius 3 is 1.96 bits per heavy atom. The molecule has 1 aromatic carbocycles. The molecule has 0 aliphatic rings. The Labute approximate surface area is 150 Å². The maximum absolute atomic E-state index is 10.6. The van der Waals surface area contributed by atoms with Gasteiger partial charge in [0.25, 0.3) is 0 Å². The highest BCUT2D eigenvalue weighted by Crippen LogP contribution is 2.24. The van der Waals surface area contributed by atoms with Gasteiger partial charge in [-0.25, -0.2) is 0 Å². The predicted molar refractivity (Wildman–Crippen MR) is 104 cm³/mol. The fourth-order valence-electron chi connectivity index (χ4n) is 2.75. The predicted octanol–water partition coefficient (Wildman–Crippen LogP) is 6.60. The molecule has 2 nitrogen and oxygen atoms in total. The van der Waals surface area contributed by atoms with E-state index in [2.05, 4.69) is 65.0 Å². The lowest BCUT2D eigenvalue weighted by atomic mass is 9.90. The van der Waals surface area contributed by atoms with Gasteiger partial charge in [-0.05, 0) is 42.6 Å². The Balaban J connectivity index is 0.000000449. The molecule has 0 amide bonds. The summed E-state index contributed by atoms with van der Waals surface area (Å²) < 4.78 is 5.07. The Bertz CT molecular complexity index is 425. The molecule has 0 saturated carbocycles. The van der Waals surface area contributed by atoms with Crippen LogP contribution < -0.4 is 0 Å². The van der Waals surface area contributed by atoms with Crippen LogP contribution in [0.2, 0.25) is 0 Å². The first-order valence-electron chi connectivity index (χ1n) is 9.52. The Morgan fingerprint density at radius 1 is 0.958 bits per heavy atom. The van der Waals surface area contributed by atoms with Gasteiger partial charge >= 0.3 is 5.97 Å². The van der Waals surface area contributed by atoms with E-state index in [9.17, 15) is 4.79 Å². The molecule has 0 spiro atoms. The number of esters is 1. The van der Waals surface area contributed by atoms with Crippen molar-refractivity contribution in [3.05, 3.63) is 35.9 Å². The standard InChI is InChI=1S/C13H20.C9H18O2/c1-4-11(2)10-12(3)13-8-6-5-7-9-13;1-5-9(6-7(2)3)11-8(4)10/h5-9,11-12H,4,10H2,1-3H3;7,9H,5-6H2,1-4H3. The van der Waals surface area contributed by atoms with Crippen LogP contribution in [-0.2, 0) is 9.53 Å². The normalized spacial score (nSPS) is 14.3. The highest BCUT2D eigenvalue weighted by atomic mass is 16.5. The SMILES string of the molecule is CCC(C)CC(C)c1ccccc1.CCC(CC(C)C)OC(C)=O. The second kappa shape index (κ2) is 13.0. The van der Waals surface area contributed by atoms with E-state index < -0.39 is 0 Å². The first-order chi connectivity index (χ1) is 11.3. The first-order valence-corrected chi connectivity index (χ1v) is 9.52. The summed E-state index contributed by atoms with van der Waals surface area (Å²) in [5, 5.41) is 0. The van der Waals surface area contributed by atoms with Gasteiger partial charge in [-0.15, -0.1) is 0 Å². The summed E-state index contributed by atoms with van der Waals surface area (Å²) in [5.74, 6) is 1.98. The van der Waals surface area contributed by atoms with Gasteiger partial charge < -0.3 is 4.74 Å². The summed E-state index contributed by atoms with van der Waals surface area (Å²) in [6.45, 7) is 14.7. The van der Waals surface area contributed by atoms with E-state index in [4.69, 9.17) is 4.74 Å². The lowest BCUT2D eigenvalue weighted by Crippen LogP contribution is -2.17. The van der Waals surface area contributed by atoms with Gasteiger partial charge in [0.05, 0.1) is 0 Å².